The molecule has 4 fully saturated rings. The molecule has 0 aromatic heterocycles. The van der Waals surface area contributed by atoms with Gasteiger partial charge in [-0.1, -0.05) is 53.2 Å². The molecule has 27 heavy (non-hydrogen) atoms. The van der Waals surface area contributed by atoms with E-state index in [4.69, 9.17) is 0 Å². The molecular weight excluding hydrogens is 332 g/mol. The van der Waals surface area contributed by atoms with Crippen molar-refractivity contribution in [3.63, 3.8) is 0 Å². The van der Waals surface area contributed by atoms with Gasteiger partial charge in [-0.2, -0.15) is 0 Å². The summed E-state index contributed by atoms with van der Waals surface area (Å²) < 4.78 is 0. The minimum Gasteiger partial charge on any atom is -0.393 e. The third-order valence-electron chi connectivity index (χ3n) is 11.0. The Kier molecular flexibility index (Phi) is 3.61. The number of aliphatic hydroxyl groups excluding tert-OH is 2. The molecule has 4 saturated carbocycles. The fourth-order valence-electron chi connectivity index (χ4n) is 9.49. The highest BCUT2D eigenvalue weighted by atomic mass is 16.3. The fraction of sp³-hybridized carbons (Fsp3) is 0.920. The molecule has 152 valence electrons. The minimum atomic E-state index is -0.244. The Labute approximate surface area is 165 Å². The first-order valence-electron chi connectivity index (χ1n) is 11.5. The van der Waals surface area contributed by atoms with E-state index in [1.807, 2.05) is 0 Å². The Bertz CT molecular complexity index is 694. The molecule has 0 amide bonds. The maximum atomic E-state index is 11.4. The largest absolute Gasteiger partial charge is 0.393 e. The van der Waals surface area contributed by atoms with Gasteiger partial charge in [-0.15, -0.1) is 0 Å². The summed E-state index contributed by atoms with van der Waals surface area (Å²) in [6.45, 7) is 14.6. The zero-order chi connectivity index (χ0) is 19.6. The van der Waals surface area contributed by atoms with Crippen molar-refractivity contribution in [2.75, 3.05) is 0 Å². The van der Waals surface area contributed by atoms with Gasteiger partial charge in [-0.05, 0) is 84.4 Å². The number of aliphatic hydroxyl groups is 2. The average Bonchev–Trinajstić information content (AvgIpc) is 3.12. The van der Waals surface area contributed by atoms with Crippen LogP contribution in [-0.4, -0.2) is 22.4 Å². The Hall–Kier alpha value is -0.340. The molecule has 0 unspecified atom stereocenters. The van der Waals surface area contributed by atoms with Crippen LogP contribution in [0.5, 0.6) is 0 Å². The van der Waals surface area contributed by atoms with E-state index < -0.39 is 0 Å². The quantitative estimate of drug-likeness (QED) is 0.575. The van der Waals surface area contributed by atoms with E-state index in [9.17, 15) is 10.2 Å². The molecule has 2 heteroatoms. The molecule has 5 rings (SSSR count). The van der Waals surface area contributed by atoms with Gasteiger partial charge in [-0.25, -0.2) is 0 Å². The van der Waals surface area contributed by atoms with Gasteiger partial charge in [0, 0.05) is 5.41 Å². The van der Waals surface area contributed by atoms with Crippen LogP contribution in [0.4, 0.5) is 0 Å². The number of fused-ring (bicyclic) bond motifs is 7. The predicted octanol–water partition coefficient (Wildman–Crippen LogP) is 5.19. The highest BCUT2D eigenvalue weighted by Crippen LogP contribution is 2.74. The van der Waals surface area contributed by atoms with E-state index in [-0.39, 0.29) is 28.5 Å². The lowest BCUT2D eigenvalue weighted by Crippen LogP contribution is -2.56. The topological polar surface area (TPSA) is 40.5 Å². The molecule has 5 aliphatic rings. The standard InChI is InChI=1S/C25H40O2/c1-14-7-8-16-18(26)11-15-17(25(14,16)6)12-24(5)19(27)13-23(4)10-9-22(2,3)21(23)20(15)24/h12,14-16,18-21,26-27H,7-11,13H2,1-6H3/t14-,15+,16+,18-,19+,20+,21-,23-,24-,25+/m0/s1. The number of rotatable bonds is 0. The third kappa shape index (κ3) is 2.05. The first kappa shape index (κ1) is 18.7. The van der Waals surface area contributed by atoms with Crippen LogP contribution < -0.4 is 0 Å². The predicted molar refractivity (Wildman–Crippen MR) is 109 cm³/mol. The molecule has 0 saturated heterocycles. The van der Waals surface area contributed by atoms with Crippen LogP contribution >= 0.6 is 0 Å². The lowest BCUT2D eigenvalue weighted by molar-refractivity contribution is -0.132. The van der Waals surface area contributed by atoms with Crippen LogP contribution in [0.3, 0.4) is 0 Å². The van der Waals surface area contributed by atoms with Gasteiger partial charge < -0.3 is 10.2 Å². The Morgan fingerprint density at radius 1 is 1.00 bits per heavy atom. The Morgan fingerprint density at radius 2 is 1.70 bits per heavy atom. The second kappa shape index (κ2) is 5.22. The van der Waals surface area contributed by atoms with Crippen molar-refractivity contribution in [1.82, 2.24) is 0 Å². The van der Waals surface area contributed by atoms with Crippen LogP contribution in [0.2, 0.25) is 0 Å². The van der Waals surface area contributed by atoms with Crippen molar-refractivity contribution in [3.05, 3.63) is 11.6 Å². The van der Waals surface area contributed by atoms with Gasteiger partial charge in [0.25, 0.3) is 0 Å². The minimum absolute atomic E-state index is 0.119. The zero-order valence-electron chi connectivity index (χ0n) is 18.3. The molecule has 0 heterocycles. The maximum absolute atomic E-state index is 11.4. The van der Waals surface area contributed by atoms with E-state index in [1.54, 1.807) is 5.57 Å². The summed E-state index contributed by atoms with van der Waals surface area (Å²) in [7, 11) is 0. The van der Waals surface area contributed by atoms with Crippen LogP contribution in [0.1, 0.15) is 80.1 Å². The fourth-order valence-corrected chi connectivity index (χ4v) is 9.49. The molecule has 0 radical (unpaired) electrons. The van der Waals surface area contributed by atoms with Crippen molar-refractivity contribution in [2.24, 2.45) is 51.2 Å². The van der Waals surface area contributed by atoms with Crippen LogP contribution in [-0.2, 0) is 0 Å². The maximum Gasteiger partial charge on any atom is 0.0636 e. The van der Waals surface area contributed by atoms with Gasteiger partial charge >= 0.3 is 0 Å². The summed E-state index contributed by atoms with van der Waals surface area (Å²) in [6.07, 6.45) is 8.94. The first-order valence-corrected chi connectivity index (χ1v) is 11.5. The van der Waals surface area contributed by atoms with Crippen molar-refractivity contribution in [3.8, 4) is 0 Å². The number of hydrogen-bond acceptors (Lipinski definition) is 2. The van der Waals surface area contributed by atoms with E-state index >= 15 is 0 Å². The monoisotopic (exact) mass is 372 g/mol. The summed E-state index contributed by atoms with van der Waals surface area (Å²) in [5.41, 5.74) is 2.21. The molecule has 5 aliphatic carbocycles. The summed E-state index contributed by atoms with van der Waals surface area (Å²) in [4.78, 5) is 0. The van der Waals surface area contributed by atoms with Crippen molar-refractivity contribution in [1.29, 1.82) is 0 Å². The molecule has 0 aliphatic heterocycles. The second-order valence-electron chi connectivity index (χ2n) is 12.6. The smallest absolute Gasteiger partial charge is 0.0636 e. The summed E-state index contributed by atoms with van der Waals surface area (Å²) in [5.74, 6) is 2.64. The van der Waals surface area contributed by atoms with Crippen LogP contribution in [0, 0.1) is 51.2 Å². The summed E-state index contributed by atoms with van der Waals surface area (Å²) in [6, 6.07) is 0. The first-order chi connectivity index (χ1) is 12.4. The normalized spacial score (nSPS) is 61.0. The SMILES string of the molecule is C[C@H]1CC[C@@H]2[C@@H](O)C[C@@H]3C(=C[C@]4(C)[C@H]3[C@H]3C(C)(C)CC[C@@]3(C)C[C@H]4O)[C@@]21C. The van der Waals surface area contributed by atoms with Crippen molar-refractivity contribution >= 4 is 0 Å². The average molecular weight is 373 g/mol. The van der Waals surface area contributed by atoms with Gasteiger partial charge in [-0.3, -0.25) is 0 Å². The van der Waals surface area contributed by atoms with Crippen molar-refractivity contribution in [2.45, 2.75) is 92.3 Å². The van der Waals surface area contributed by atoms with E-state index in [1.165, 1.54) is 25.7 Å². The lowest BCUT2D eigenvalue weighted by atomic mass is 9.47. The number of hydrogen-bond donors (Lipinski definition) is 2. The Morgan fingerprint density at radius 3 is 2.41 bits per heavy atom. The van der Waals surface area contributed by atoms with Gasteiger partial charge in [0.1, 0.15) is 0 Å². The van der Waals surface area contributed by atoms with Crippen LogP contribution in [0.15, 0.2) is 11.6 Å². The van der Waals surface area contributed by atoms with Crippen LogP contribution in [0.25, 0.3) is 0 Å². The Balaban J connectivity index is 1.67. The summed E-state index contributed by atoms with van der Waals surface area (Å²) >= 11 is 0. The van der Waals surface area contributed by atoms with Gasteiger partial charge in [0.05, 0.1) is 12.2 Å². The van der Waals surface area contributed by atoms with Crippen molar-refractivity contribution < 1.29 is 10.2 Å². The molecule has 0 aromatic carbocycles. The molecule has 0 bridgehead atoms. The summed E-state index contributed by atoms with van der Waals surface area (Å²) in [5, 5.41) is 22.6. The molecule has 2 N–H and O–H groups in total. The highest BCUT2D eigenvalue weighted by Gasteiger charge is 2.69. The third-order valence-corrected chi connectivity index (χ3v) is 11.0. The van der Waals surface area contributed by atoms with Gasteiger partial charge in [0.15, 0.2) is 0 Å². The zero-order valence-corrected chi connectivity index (χ0v) is 18.3. The molecule has 10 atom stereocenters. The van der Waals surface area contributed by atoms with E-state index in [2.05, 4.69) is 47.6 Å². The molecule has 0 aromatic rings. The number of allylic oxidation sites excluding steroid dienone is 1. The van der Waals surface area contributed by atoms with E-state index in [0.717, 1.165) is 12.8 Å². The second-order valence-corrected chi connectivity index (χ2v) is 12.6. The van der Waals surface area contributed by atoms with E-state index in [0.29, 0.717) is 35.0 Å². The highest BCUT2D eigenvalue weighted by molar-refractivity contribution is 5.37. The van der Waals surface area contributed by atoms with Gasteiger partial charge in [0.2, 0.25) is 0 Å². The molecular formula is C25H40O2. The lowest BCUT2D eigenvalue weighted by Gasteiger charge is -2.58. The molecule has 2 nitrogen and oxygen atoms in total. The molecule has 0 spiro atoms.